The lowest BCUT2D eigenvalue weighted by Crippen LogP contribution is -2.47. The third-order valence-corrected chi connectivity index (χ3v) is 5.03. The number of hydrogen-bond acceptors (Lipinski definition) is 6. The van der Waals surface area contributed by atoms with Crippen LogP contribution in [0.25, 0.3) is 11.3 Å². The summed E-state index contributed by atoms with van der Waals surface area (Å²) in [6.07, 6.45) is 1.21. The molecule has 0 spiro atoms. The van der Waals surface area contributed by atoms with Gasteiger partial charge in [-0.05, 0) is 32.4 Å². The first-order valence-corrected chi connectivity index (χ1v) is 10.8. The monoisotopic (exact) mass is 455 g/mol. The van der Waals surface area contributed by atoms with Crippen LogP contribution in [0, 0.1) is 0 Å². The summed E-state index contributed by atoms with van der Waals surface area (Å²) in [7, 11) is 0. The second kappa shape index (κ2) is 9.65. The highest BCUT2D eigenvalue weighted by atomic mass is 32.1. The number of hydrogen-bond donors (Lipinski definition) is 4. The van der Waals surface area contributed by atoms with E-state index >= 15 is 0 Å². The maximum Gasteiger partial charge on any atom is 0.408 e. The first kappa shape index (κ1) is 23.0. The molecule has 1 aromatic carbocycles. The maximum absolute atomic E-state index is 13.0. The van der Waals surface area contributed by atoms with Crippen LogP contribution in [0.1, 0.15) is 36.8 Å². The number of nitrogens with two attached hydrogens (primary N) is 1. The fourth-order valence-electron chi connectivity index (χ4n) is 2.85. The lowest BCUT2D eigenvalue weighted by atomic mass is 10.1. The predicted molar refractivity (Wildman–Crippen MR) is 122 cm³/mol. The van der Waals surface area contributed by atoms with Gasteiger partial charge < -0.3 is 26.1 Å². The third kappa shape index (κ3) is 6.42. The van der Waals surface area contributed by atoms with E-state index in [-0.39, 0.29) is 12.1 Å². The van der Waals surface area contributed by atoms with Gasteiger partial charge in [0.2, 0.25) is 5.91 Å². The zero-order valence-electron chi connectivity index (χ0n) is 18.0. The van der Waals surface area contributed by atoms with E-state index in [0.717, 1.165) is 5.56 Å². The lowest BCUT2D eigenvalue weighted by molar-refractivity contribution is -0.118. The highest BCUT2D eigenvalue weighted by molar-refractivity contribution is 7.14. The molecule has 1 atom stereocenters. The molecule has 5 N–H and O–H groups in total. The molecule has 0 saturated heterocycles. The van der Waals surface area contributed by atoms with Crippen LogP contribution in [-0.4, -0.2) is 39.5 Å². The van der Waals surface area contributed by atoms with Crippen LogP contribution in [0.2, 0.25) is 0 Å². The van der Waals surface area contributed by atoms with Crippen molar-refractivity contribution < 1.29 is 19.1 Å². The van der Waals surface area contributed by atoms with Gasteiger partial charge in [-0.1, -0.05) is 30.3 Å². The van der Waals surface area contributed by atoms with Gasteiger partial charge in [0.1, 0.15) is 17.3 Å². The number of anilines is 1. The number of primary amides is 1. The Hall–Kier alpha value is -3.66. The number of aromatic nitrogens is 2. The third-order valence-electron chi connectivity index (χ3n) is 4.27. The van der Waals surface area contributed by atoms with Crippen molar-refractivity contribution in [3.8, 4) is 11.3 Å². The summed E-state index contributed by atoms with van der Waals surface area (Å²) in [4.78, 5) is 43.7. The van der Waals surface area contributed by atoms with Crippen molar-refractivity contribution in [2.24, 2.45) is 5.73 Å². The molecule has 1 unspecified atom stereocenters. The van der Waals surface area contributed by atoms with Crippen molar-refractivity contribution in [3.05, 3.63) is 59.2 Å². The number of thiazole rings is 1. The fourth-order valence-corrected chi connectivity index (χ4v) is 3.57. The highest BCUT2D eigenvalue weighted by Crippen LogP contribution is 2.25. The van der Waals surface area contributed by atoms with E-state index in [0.29, 0.717) is 16.4 Å². The van der Waals surface area contributed by atoms with Gasteiger partial charge in [0.15, 0.2) is 5.13 Å². The van der Waals surface area contributed by atoms with E-state index in [1.807, 2.05) is 30.3 Å². The first-order valence-electron chi connectivity index (χ1n) is 9.89. The Labute approximate surface area is 189 Å². The standard InChI is InChI=1S/C22H25N5O4S/c1-22(2,3)31-21(30)26-16(9-13-7-5-4-6-8-13)19(29)27-20-25-17(12-32-20)14-10-15(18(23)28)24-11-14/h4-8,10-12,16,24H,9H2,1-3H3,(H2,23,28)(H,26,30)(H,25,27,29). The Kier molecular flexibility index (Phi) is 6.94. The average molecular weight is 456 g/mol. The number of carbonyl (C=O) groups excluding carboxylic acids is 3. The number of ether oxygens (including phenoxy) is 1. The summed E-state index contributed by atoms with van der Waals surface area (Å²) in [6.45, 7) is 5.25. The number of nitrogens with one attached hydrogen (secondary N) is 3. The zero-order valence-corrected chi connectivity index (χ0v) is 18.8. The zero-order chi connectivity index (χ0) is 23.3. The van der Waals surface area contributed by atoms with Crippen molar-refractivity contribution in [2.45, 2.75) is 38.8 Å². The summed E-state index contributed by atoms with van der Waals surface area (Å²) in [6, 6.07) is 10.1. The number of nitrogens with zero attached hydrogens (tertiary/aromatic N) is 1. The molecule has 168 valence electrons. The fraction of sp³-hybridized carbons (Fsp3) is 0.273. The molecule has 32 heavy (non-hydrogen) atoms. The molecule has 0 bridgehead atoms. The van der Waals surface area contributed by atoms with Crippen LogP contribution in [0.15, 0.2) is 48.0 Å². The smallest absolute Gasteiger partial charge is 0.408 e. The molecular weight excluding hydrogens is 430 g/mol. The van der Waals surface area contributed by atoms with E-state index in [1.54, 1.807) is 38.4 Å². The molecule has 0 aliphatic rings. The van der Waals surface area contributed by atoms with Crippen LogP contribution >= 0.6 is 11.3 Å². The van der Waals surface area contributed by atoms with E-state index in [4.69, 9.17) is 10.5 Å². The largest absolute Gasteiger partial charge is 0.444 e. The second-order valence-electron chi connectivity index (χ2n) is 8.08. The Balaban J connectivity index is 1.73. The van der Waals surface area contributed by atoms with Gasteiger partial charge >= 0.3 is 6.09 Å². The predicted octanol–water partition coefficient (Wildman–Crippen LogP) is 3.31. The molecule has 9 nitrogen and oxygen atoms in total. The van der Waals surface area contributed by atoms with Gasteiger partial charge in [0.05, 0.1) is 5.69 Å². The SMILES string of the molecule is CC(C)(C)OC(=O)NC(Cc1ccccc1)C(=O)Nc1nc(-c2c[nH]c(C(N)=O)c2)cs1. The van der Waals surface area contributed by atoms with Crippen LogP contribution in [0.5, 0.6) is 0 Å². The first-order chi connectivity index (χ1) is 15.1. The average Bonchev–Trinajstić information content (AvgIpc) is 3.36. The summed E-state index contributed by atoms with van der Waals surface area (Å²) < 4.78 is 5.31. The van der Waals surface area contributed by atoms with Crippen LogP contribution in [0.4, 0.5) is 9.93 Å². The summed E-state index contributed by atoms with van der Waals surface area (Å²) in [5.74, 6) is -0.996. The Morgan fingerprint density at radius 1 is 1.22 bits per heavy atom. The quantitative estimate of drug-likeness (QED) is 0.433. The van der Waals surface area contributed by atoms with Crippen LogP contribution in [-0.2, 0) is 16.0 Å². The van der Waals surface area contributed by atoms with Gasteiger partial charge in [-0.25, -0.2) is 9.78 Å². The molecule has 0 aliphatic carbocycles. The maximum atomic E-state index is 13.0. The molecule has 3 rings (SSSR count). The molecular formula is C22H25N5O4S. The van der Waals surface area contributed by atoms with Crippen LogP contribution < -0.4 is 16.4 Å². The van der Waals surface area contributed by atoms with Crippen molar-refractivity contribution in [1.82, 2.24) is 15.3 Å². The molecule has 0 aliphatic heterocycles. The summed E-state index contributed by atoms with van der Waals surface area (Å²) in [5, 5.41) is 7.49. The van der Waals surface area contributed by atoms with Gasteiger partial charge in [-0.15, -0.1) is 11.3 Å². The minimum absolute atomic E-state index is 0.267. The van der Waals surface area contributed by atoms with Crippen molar-refractivity contribution >= 4 is 34.4 Å². The number of H-pyrrole nitrogens is 1. The van der Waals surface area contributed by atoms with E-state index < -0.39 is 29.6 Å². The van der Waals surface area contributed by atoms with Crippen molar-refractivity contribution in [2.75, 3.05) is 5.32 Å². The molecule has 3 aromatic rings. The molecule has 0 fully saturated rings. The molecule has 2 aromatic heterocycles. The van der Waals surface area contributed by atoms with Crippen LogP contribution in [0.3, 0.4) is 0 Å². The number of benzene rings is 1. The Morgan fingerprint density at radius 3 is 2.56 bits per heavy atom. The summed E-state index contributed by atoms with van der Waals surface area (Å²) >= 11 is 1.23. The second-order valence-corrected chi connectivity index (χ2v) is 8.94. The van der Waals surface area contributed by atoms with Gasteiger partial charge in [-0.2, -0.15) is 0 Å². The van der Waals surface area contributed by atoms with E-state index in [9.17, 15) is 14.4 Å². The molecule has 2 heterocycles. The highest BCUT2D eigenvalue weighted by Gasteiger charge is 2.25. The normalized spacial score (nSPS) is 12.1. The van der Waals surface area contributed by atoms with Crippen molar-refractivity contribution in [1.29, 1.82) is 0 Å². The number of carbonyl (C=O) groups is 3. The van der Waals surface area contributed by atoms with Gasteiger partial charge in [-0.3, -0.25) is 9.59 Å². The lowest BCUT2D eigenvalue weighted by Gasteiger charge is -2.23. The molecule has 0 saturated carbocycles. The molecule has 3 amide bonds. The van der Waals surface area contributed by atoms with Gasteiger partial charge in [0, 0.05) is 23.6 Å². The minimum Gasteiger partial charge on any atom is -0.444 e. The van der Waals surface area contributed by atoms with Gasteiger partial charge in [0.25, 0.3) is 5.91 Å². The number of rotatable bonds is 7. The molecule has 10 heteroatoms. The van der Waals surface area contributed by atoms with E-state index in [1.165, 1.54) is 11.3 Å². The summed E-state index contributed by atoms with van der Waals surface area (Å²) in [5.41, 5.74) is 6.97. The number of alkyl carbamates (subject to hydrolysis) is 1. The molecule has 0 radical (unpaired) electrons. The Bertz CT molecular complexity index is 1100. The Morgan fingerprint density at radius 2 is 1.94 bits per heavy atom. The number of aromatic amines is 1. The van der Waals surface area contributed by atoms with E-state index in [2.05, 4.69) is 20.6 Å². The topological polar surface area (TPSA) is 139 Å². The van der Waals surface area contributed by atoms with Crippen molar-refractivity contribution in [3.63, 3.8) is 0 Å². The minimum atomic E-state index is -0.867. The number of amides is 3.